The van der Waals surface area contributed by atoms with Crippen molar-refractivity contribution in [3.05, 3.63) is 59.9 Å². The number of para-hydroxylation sites is 1. The monoisotopic (exact) mass is 409 g/mol. The first kappa shape index (κ1) is 21.3. The Kier molecular flexibility index (Phi) is 6.71. The van der Waals surface area contributed by atoms with Gasteiger partial charge in [-0.1, -0.05) is 12.1 Å². The predicted octanol–water partition coefficient (Wildman–Crippen LogP) is 1.30. The zero-order valence-electron chi connectivity index (χ0n) is 15.5. The topological polar surface area (TPSA) is 105 Å². The number of nitrogens with zero attached hydrogens (tertiary/aromatic N) is 1. The Morgan fingerprint density at radius 2 is 1.64 bits per heavy atom. The summed E-state index contributed by atoms with van der Waals surface area (Å²) in [5.74, 6) is -2.04. The number of carbonyl (C=O) groups is 2. The second-order valence-electron chi connectivity index (χ2n) is 5.95. The minimum absolute atomic E-state index is 0.0324. The number of carbonyl (C=O) groups excluding carboxylic acids is 2. The zero-order chi connectivity index (χ0) is 20.9. The fraction of sp³-hybridized carbons (Fsp3) is 0.222. The van der Waals surface area contributed by atoms with Crippen molar-refractivity contribution in [1.29, 1.82) is 0 Å². The molecule has 2 aromatic rings. The molecule has 10 heteroatoms. The lowest BCUT2D eigenvalue weighted by molar-refractivity contribution is -0.128. The lowest BCUT2D eigenvalue weighted by atomic mass is 10.2. The van der Waals surface area contributed by atoms with Crippen LogP contribution in [0.2, 0.25) is 0 Å². The van der Waals surface area contributed by atoms with Gasteiger partial charge in [-0.05, 0) is 43.3 Å². The fourth-order valence-electron chi connectivity index (χ4n) is 2.07. The number of halogens is 1. The molecule has 2 N–H and O–H groups in total. The van der Waals surface area contributed by atoms with E-state index >= 15 is 0 Å². The zero-order valence-corrected chi connectivity index (χ0v) is 16.3. The number of amides is 2. The average Bonchev–Trinajstić information content (AvgIpc) is 2.67. The molecule has 0 heterocycles. The van der Waals surface area contributed by atoms with Gasteiger partial charge < -0.3 is 4.74 Å². The molecule has 1 atom stereocenters. The third-order valence-electron chi connectivity index (χ3n) is 3.70. The van der Waals surface area contributed by atoms with Crippen molar-refractivity contribution in [3.8, 4) is 5.75 Å². The average molecular weight is 409 g/mol. The van der Waals surface area contributed by atoms with Crippen LogP contribution >= 0.6 is 0 Å². The van der Waals surface area contributed by atoms with Crippen LogP contribution in [0.5, 0.6) is 5.75 Å². The maximum atomic E-state index is 13.5. The minimum Gasteiger partial charge on any atom is -0.478 e. The van der Waals surface area contributed by atoms with Crippen LogP contribution in [-0.4, -0.2) is 44.7 Å². The van der Waals surface area contributed by atoms with Crippen LogP contribution in [0, 0.1) is 5.82 Å². The van der Waals surface area contributed by atoms with E-state index in [2.05, 4.69) is 10.9 Å². The Bertz CT molecular complexity index is 961. The summed E-state index contributed by atoms with van der Waals surface area (Å²) in [6.45, 7) is 1.40. The van der Waals surface area contributed by atoms with Crippen molar-refractivity contribution < 1.29 is 27.1 Å². The Balaban J connectivity index is 1.94. The first-order valence-electron chi connectivity index (χ1n) is 8.17. The molecule has 0 spiro atoms. The first-order valence-corrected chi connectivity index (χ1v) is 9.61. The molecule has 0 fully saturated rings. The molecule has 8 nitrogen and oxygen atoms in total. The van der Waals surface area contributed by atoms with E-state index in [0.29, 0.717) is 0 Å². The molecular formula is C18H20FN3O5S. The van der Waals surface area contributed by atoms with Gasteiger partial charge in [-0.15, -0.1) is 0 Å². The molecule has 0 aliphatic carbocycles. The van der Waals surface area contributed by atoms with Gasteiger partial charge in [0.15, 0.2) is 17.7 Å². The maximum Gasteiger partial charge on any atom is 0.279 e. The molecule has 2 amide bonds. The summed E-state index contributed by atoms with van der Waals surface area (Å²) in [4.78, 5) is 24.1. The number of nitrogens with one attached hydrogen (secondary N) is 2. The molecule has 150 valence electrons. The van der Waals surface area contributed by atoms with E-state index in [9.17, 15) is 22.4 Å². The van der Waals surface area contributed by atoms with Crippen LogP contribution in [-0.2, 0) is 14.8 Å². The number of rotatable bonds is 6. The highest BCUT2D eigenvalue weighted by Crippen LogP contribution is 2.17. The second-order valence-corrected chi connectivity index (χ2v) is 8.10. The summed E-state index contributed by atoms with van der Waals surface area (Å²) in [5.41, 5.74) is 4.50. The molecule has 0 saturated carbocycles. The highest BCUT2D eigenvalue weighted by atomic mass is 32.2. The van der Waals surface area contributed by atoms with Crippen molar-refractivity contribution >= 4 is 21.8 Å². The number of ether oxygens (including phenoxy) is 1. The molecule has 2 aromatic carbocycles. The second kappa shape index (κ2) is 8.81. The van der Waals surface area contributed by atoms with Gasteiger partial charge in [0.05, 0.1) is 4.90 Å². The quantitative estimate of drug-likeness (QED) is 0.700. The van der Waals surface area contributed by atoms with Crippen LogP contribution < -0.4 is 15.6 Å². The molecular weight excluding hydrogens is 389 g/mol. The van der Waals surface area contributed by atoms with Crippen molar-refractivity contribution in [2.45, 2.75) is 17.9 Å². The number of hydrazine groups is 1. The summed E-state index contributed by atoms with van der Waals surface area (Å²) < 4.78 is 43.8. The van der Waals surface area contributed by atoms with Gasteiger partial charge in [0, 0.05) is 19.7 Å². The molecule has 0 aromatic heterocycles. The van der Waals surface area contributed by atoms with Crippen LogP contribution in [0.25, 0.3) is 0 Å². The van der Waals surface area contributed by atoms with Crippen LogP contribution in [0.3, 0.4) is 0 Å². The van der Waals surface area contributed by atoms with Gasteiger partial charge >= 0.3 is 0 Å². The van der Waals surface area contributed by atoms with Crippen LogP contribution in [0.15, 0.2) is 53.4 Å². The van der Waals surface area contributed by atoms with Crippen LogP contribution in [0.4, 0.5) is 4.39 Å². The van der Waals surface area contributed by atoms with Gasteiger partial charge in [-0.3, -0.25) is 20.4 Å². The summed E-state index contributed by atoms with van der Waals surface area (Å²) >= 11 is 0. The third kappa shape index (κ3) is 5.05. The maximum absolute atomic E-state index is 13.5. The highest BCUT2D eigenvalue weighted by Gasteiger charge is 2.19. The van der Waals surface area contributed by atoms with E-state index in [4.69, 9.17) is 4.74 Å². The lowest BCUT2D eigenvalue weighted by Crippen LogP contribution is -2.47. The number of hydrogen-bond acceptors (Lipinski definition) is 5. The first-order chi connectivity index (χ1) is 13.1. The molecule has 0 saturated heterocycles. The van der Waals surface area contributed by atoms with Gasteiger partial charge in [0.1, 0.15) is 0 Å². The highest BCUT2D eigenvalue weighted by molar-refractivity contribution is 7.89. The van der Waals surface area contributed by atoms with Crippen LogP contribution in [0.1, 0.15) is 17.3 Å². The number of sulfonamides is 1. The van der Waals surface area contributed by atoms with E-state index in [-0.39, 0.29) is 16.2 Å². The molecule has 0 unspecified atom stereocenters. The van der Waals surface area contributed by atoms with E-state index in [1.165, 1.54) is 63.5 Å². The fourth-order valence-corrected chi connectivity index (χ4v) is 2.97. The van der Waals surface area contributed by atoms with Gasteiger partial charge in [0.25, 0.3) is 11.8 Å². The largest absolute Gasteiger partial charge is 0.478 e. The molecule has 0 aliphatic rings. The summed E-state index contributed by atoms with van der Waals surface area (Å²) in [6, 6.07) is 10.8. The van der Waals surface area contributed by atoms with Crippen molar-refractivity contribution in [2.75, 3.05) is 14.1 Å². The summed E-state index contributed by atoms with van der Waals surface area (Å²) in [6.07, 6.45) is -1.06. The number of benzene rings is 2. The molecule has 0 radical (unpaired) electrons. The standard InChI is InChI=1S/C18H20FN3O5S/c1-12(27-16-7-5-4-6-15(16)19)17(23)20-21-18(24)13-8-10-14(11-9-13)28(25,26)22(2)3/h4-12H,1-3H3,(H,20,23)(H,21,24)/t12-/m0/s1. The normalized spacial score (nSPS) is 12.3. The minimum atomic E-state index is -3.60. The lowest BCUT2D eigenvalue weighted by Gasteiger charge is -2.15. The molecule has 0 aliphatic heterocycles. The van der Waals surface area contributed by atoms with Crippen molar-refractivity contribution in [1.82, 2.24) is 15.2 Å². The van der Waals surface area contributed by atoms with E-state index < -0.39 is 33.8 Å². The van der Waals surface area contributed by atoms with E-state index in [1.54, 1.807) is 6.07 Å². The predicted molar refractivity (Wildman–Crippen MR) is 99.4 cm³/mol. The molecule has 2 rings (SSSR count). The molecule has 28 heavy (non-hydrogen) atoms. The Morgan fingerprint density at radius 3 is 2.21 bits per heavy atom. The van der Waals surface area contributed by atoms with Gasteiger partial charge in [0.2, 0.25) is 10.0 Å². The van der Waals surface area contributed by atoms with E-state index in [1.807, 2.05) is 0 Å². The van der Waals surface area contributed by atoms with Crippen molar-refractivity contribution in [3.63, 3.8) is 0 Å². The van der Waals surface area contributed by atoms with Gasteiger partial charge in [-0.2, -0.15) is 0 Å². The molecule has 0 bridgehead atoms. The smallest absolute Gasteiger partial charge is 0.279 e. The Labute approximate surface area is 162 Å². The summed E-state index contributed by atoms with van der Waals surface area (Å²) in [7, 11) is -0.807. The Hall–Kier alpha value is -2.98. The van der Waals surface area contributed by atoms with Crippen molar-refractivity contribution in [2.24, 2.45) is 0 Å². The number of hydrogen-bond donors (Lipinski definition) is 2. The van der Waals surface area contributed by atoms with Gasteiger partial charge in [-0.25, -0.2) is 17.1 Å². The third-order valence-corrected chi connectivity index (χ3v) is 5.53. The Morgan fingerprint density at radius 1 is 1.04 bits per heavy atom. The van der Waals surface area contributed by atoms with E-state index in [0.717, 1.165) is 4.31 Å². The SMILES string of the molecule is C[C@H](Oc1ccccc1F)C(=O)NNC(=O)c1ccc(S(=O)(=O)N(C)C)cc1. The summed E-state index contributed by atoms with van der Waals surface area (Å²) in [5, 5.41) is 0.